The zero-order valence-electron chi connectivity index (χ0n) is 11.5. The van der Waals surface area contributed by atoms with Gasteiger partial charge in [-0.3, -0.25) is 9.78 Å². The lowest BCUT2D eigenvalue weighted by Crippen LogP contribution is -2.42. The van der Waals surface area contributed by atoms with Gasteiger partial charge in [0.2, 0.25) is 5.91 Å². The van der Waals surface area contributed by atoms with Crippen molar-refractivity contribution in [1.82, 2.24) is 25.3 Å². The third-order valence-corrected chi connectivity index (χ3v) is 3.70. The first kappa shape index (κ1) is 13.7. The van der Waals surface area contributed by atoms with Crippen LogP contribution < -0.4 is 5.32 Å². The molecular weight excluding hydrogens is 270 g/mol. The fraction of sp³-hybridized carbons (Fsp3) is 0.429. The highest BCUT2D eigenvalue weighted by molar-refractivity contribution is 5.76. The maximum atomic E-state index is 12.1. The molecule has 2 N–H and O–H groups in total. The molecule has 2 heterocycles. The summed E-state index contributed by atoms with van der Waals surface area (Å²) in [5, 5.41) is 20.3. The van der Waals surface area contributed by atoms with Crippen molar-refractivity contribution >= 4 is 5.91 Å². The Morgan fingerprint density at radius 2 is 2.10 bits per heavy atom. The van der Waals surface area contributed by atoms with Gasteiger partial charge in [-0.25, -0.2) is 0 Å². The van der Waals surface area contributed by atoms with Crippen molar-refractivity contribution in [2.24, 2.45) is 5.92 Å². The molecule has 7 heteroatoms. The predicted molar refractivity (Wildman–Crippen MR) is 73.9 cm³/mol. The smallest absolute Gasteiger partial charge is 0.244 e. The van der Waals surface area contributed by atoms with E-state index in [0.717, 1.165) is 5.69 Å². The van der Waals surface area contributed by atoms with Gasteiger partial charge in [0.1, 0.15) is 6.54 Å². The number of hydrogen-bond acceptors (Lipinski definition) is 5. The fourth-order valence-corrected chi connectivity index (χ4v) is 2.57. The quantitative estimate of drug-likeness (QED) is 0.825. The van der Waals surface area contributed by atoms with E-state index in [-0.39, 0.29) is 30.5 Å². The molecule has 1 unspecified atom stereocenters. The summed E-state index contributed by atoms with van der Waals surface area (Å²) in [6, 6.07) is 5.44. The summed E-state index contributed by atoms with van der Waals surface area (Å²) >= 11 is 0. The number of rotatable bonds is 5. The normalized spacial score (nSPS) is 22.3. The first-order valence-corrected chi connectivity index (χ1v) is 6.95. The molecule has 2 aromatic rings. The standard InChI is InChI=1S/C14H17N5O2/c20-11-7-10(8-11)14(12-3-1-2-4-15-12)18-13(21)9-19-16-5-6-17-19/h1-6,10-11,14,20H,7-9H2,(H,18,21). The molecule has 0 bridgehead atoms. The van der Waals surface area contributed by atoms with Gasteiger partial charge in [0.05, 0.1) is 30.2 Å². The van der Waals surface area contributed by atoms with E-state index in [9.17, 15) is 9.90 Å². The topological polar surface area (TPSA) is 92.9 Å². The zero-order chi connectivity index (χ0) is 14.7. The third-order valence-electron chi connectivity index (χ3n) is 3.70. The van der Waals surface area contributed by atoms with Crippen molar-refractivity contribution in [3.63, 3.8) is 0 Å². The van der Waals surface area contributed by atoms with E-state index in [0.29, 0.717) is 12.8 Å². The zero-order valence-corrected chi connectivity index (χ0v) is 11.5. The van der Waals surface area contributed by atoms with E-state index in [4.69, 9.17) is 0 Å². The minimum absolute atomic E-state index is 0.0750. The summed E-state index contributed by atoms with van der Waals surface area (Å²) in [4.78, 5) is 17.8. The molecule has 1 aliphatic rings. The number of aliphatic hydroxyl groups excluding tert-OH is 1. The number of carbonyl (C=O) groups excluding carboxylic acids is 1. The molecule has 7 nitrogen and oxygen atoms in total. The summed E-state index contributed by atoms with van der Waals surface area (Å²) in [6.07, 6.45) is 5.87. The average molecular weight is 287 g/mol. The van der Waals surface area contributed by atoms with Gasteiger partial charge in [-0.2, -0.15) is 15.0 Å². The van der Waals surface area contributed by atoms with Crippen LogP contribution in [0.3, 0.4) is 0 Å². The Balaban J connectivity index is 1.69. The minimum atomic E-state index is -0.272. The summed E-state index contributed by atoms with van der Waals surface area (Å²) in [5.41, 5.74) is 0.816. The van der Waals surface area contributed by atoms with E-state index in [2.05, 4.69) is 20.5 Å². The van der Waals surface area contributed by atoms with Crippen molar-refractivity contribution in [1.29, 1.82) is 0 Å². The molecule has 110 valence electrons. The number of pyridine rings is 1. The van der Waals surface area contributed by atoms with Crippen LogP contribution in [0.5, 0.6) is 0 Å². The van der Waals surface area contributed by atoms with Crippen LogP contribution in [0.1, 0.15) is 24.6 Å². The maximum Gasteiger partial charge on any atom is 0.244 e. The van der Waals surface area contributed by atoms with Crippen LogP contribution in [0.2, 0.25) is 0 Å². The molecule has 1 fully saturated rings. The summed E-state index contributed by atoms with van der Waals surface area (Å²) in [6.45, 7) is 0.0750. The largest absolute Gasteiger partial charge is 0.393 e. The molecule has 0 saturated heterocycles. The van der Waals surface area contributed by atoms with Crippen LogP contribution in [-0.4, -0.2) is 37.1 Å². The highest BCUT2D eigenvalue weighted by Gasteiger charge is 2.36. The summed E-state index contributed by atoms with van der Waals surface area (Å²) < 4.78 is 0. The van der Waals surface area contributed by atoms with E-state index in [1.807, 2.05) is 18.2 Å². The number of aliphatic hydroxyl groups is 1. The van der Waals surface area contributed by atoms with E-state index < -0.39 is 0 Å². The van der Waals surface area contributed by atoms with Crippen molar-refractivity contribution in [2.45, 2.75) is 31.5 Å². The van der Waals surface area contributed by atoms with Gasteiger partial charge in [-0.1, -0.05) is 6.07 Å². The lowest BCUT2D eigenvalue weighted by molar-refractivity contribution is -0.124. The minimum Gasteiger partial charge on any atom is -0.393 e. The van der Waals surface area contributed by atoms with Gasteiger partial charge in [-0.05, 0) is 30.9 Å². The molecule has 0 spiro atoms. The molecule has 1 amide bonds. The van der Waals surface area contributed by atoms with Crippen LogP contribution in [0, 0.1) is 5.92 Å². The second-order valence-electron chi connectivity index (χ2n) is 5.24. The van der Waals surface area contributed by atoms with Crippen LogP contribution in [0.25, 0.3) is 0 Å². The molecule has 1 aliphatic carbocycles. The Morgan fingerprint density at radius 1 is 1.33 bits per heavy atom. The van der Waals surface area contributed by atoms with Crippen LogP contribution in [0.4, 0.5) is 0 Å². The van der Waals surface area contributed by atoms with Crippen LogP contribution >= 0.6 is 0 Å². The number of aromatic nitrogens is 4. The Bertz CT molecular complexity index is 581. The Morgan fingerprint density at radius 3 is 2.71 bits per heavy atom. The van der Waals surface area contributed by atoms with Gasteiger partial charge < -0.3 is 10.4 Å². The lowest BCUT2D eigenvalue weighted by Gasteiger charge is -2.37. The van der Waals surface area contributed by atoms with Crippen molar-refractivity contribution in [3.8, 4) is 0 Å². The van der Waals surface area contributed by atoms with E-state index in [1.165, 1.54) is 17.2 Å². The molecule has 0 radical (unpaired) electrons. The number of nitrogens with one attached hydrogen (secondary N) is 1. The molecular formula is C14H17N5O2. The summed E-state index contributed by atoms with van der Waals surface area (Å²) in [7, 11) is 0. The second kappa shape index (κ2) is 6.01. The Hall–Kier alpha value is -2.28. The number of amides is 1. The van der Waals surface area contributed by atoms with Gasteiger partial charge in [0.25, 0.3) is 0 Å². The monoisotopic (exact) mass is 287 g/mol. The van der Waals surface area contributed by atoms with Gasteiger partial charge in [-0.15, -0.1) is 0 Å². The Kier molecular flexibility index (Phi) is 3.92. The highest BCUT2D eigenvalue weighted by Crippen LogP contribution is 2.37. The fourth-order valence-electron chi connectivity index (χ4n) is 2.57. The van der Waals surface area contributed by atoms with Gasteiger partial charge >= 0.3 is 0 Å². The first-order chi connectivity index (χ1) is 10.2. The predicted octanol–water partition coefficient (Wildman–Crippen LogP) is 0.301. The molecule has 2 aromatic heterocycles. The van der Waals surface area contributed by atoms with Gasteiger partial charge in [0.15, 0.2) is 0 Å². The average Bonchev–Trinajstić information content (AvgIpc) is 2.95. The molecule has 21 heavy (non-hydrogen) atoms. The van der Waals surface area contributed by atoms with Crippen LogP contribution in [0.15, 0.2) is 36.8 Å². The maximum absolute atomic E-state index is 12.1. The third kappa shape index (κ3) is 3.25. The molecule has 3 rings (SSSR count). The lowest BCUT2D eigenvalue weighted by atomic mass is 9.76. The number of nitrogens with zero attached hydrogens (tertiary/aromatic N) is 4. The SMILES string of the molecule is O=C(Cn1nccn1)NC(c1ccccn1)C1CC(O)C1. The van der Waals surface area contributed by atoms with Gasteiger partial charge in [0, 0.05) is 6.20 Å². The summed E-state index contributed by atoms with van der Waals surface area (Å²) in [5.74, 6) is 0.0488. The van der Waals surface area contributed by atoms with Crippen LogP contribution in [-0.2, 0) is 11.3 Å². The van der Waals surface area contributed by atoms with Crippen molar-refractivity contribution in [3.05, 3.63) is 42.5 Å². The Labute approximate surface area is 122 Å². The highest BCUT2D eigenvalue weighted by atomic mass is 16.3. The van der Waals surface area contributed by atoms with E-state index in [1.54, 1.807) is 6.20 Å². The molecule has 0 aromatic carbocycles. The number of carbonyl (C=O) groups is 1. The number of hydrogen-bond donors (Lipinski definition) is 2. The first-order valence-electron chi connectivity index (χ1n) is 6.95. The molecule has 1 atom stereocenters. The second-order valence-corrected chi connectivity index (χ2v) is 5.24. The van der Waals surface area contributed by atoms with E-state index >= 15 is 0 Å². The molecule has 0 aliphatic heterocycles. The molecule has 1 saturated carbocycles. The van der Waals surface area contributed by atoms with Crippen molar-refractivity contribution < 1.29 is 9.90 Å². The van der Waals surface area contributed by atoms with Crippen molar-refractivity contribution in [2.75, 3.05) is 0 Å².